The Morgan fingerprint density at radius 1 is 1.41 bits per heavy atom. The fourth-order valence-corrected chi connectivity index (χ4v) is 3.33. The molecule has 2 N–H and O–H groups in total. The minimum Gasteiger partial charge on any atom is -0.357 e. The molecule has 0 bridgehead atoms. The molecule has 124 valence electrons. The van der Waals surface area contributed by atoms with Gasteiger partial charge in [-0.25, -0.2) is 4.99 Å². The lowest BCUT2D eigenvalue weighted by Gasteiger charge is -2.43. The van der Waals surface area contributed by atoms with E-state index in [-0.39, 0.29) is 0 Å². The van der Waals surface area contributed by atoms with Crippen molar-refractivity contribution < 1.29 is 0 Å². The van der Waals surface area contributed by atoms with E-state index in [2.05, 4.69) is 36.5 Å². The van der Waals surface area contributed by atoms with Crippen molar-refractivity contribution in [1.29, 1.82) is 0 Å². The van der Waals surface area contributed by atoms with Crippen molar-refractivity contribution in [3.05, 3.63) is 18.0 Å². The Kier molecular flexibility index (Phi) is 5.86. The van der Waals surface area contributed by atoms with Crippen molar-refractivity contribution in [2.24, 2.45) is 23.4 Å². The van der Waals surface area contributed by atoms with Crippen LogP contribution in [-0.2, 0) is 13.6 Å². The maximum atomic E-state index is 4.69. The first-order valence-corrected chi connectivity index (χ1v) is 8.54. The first-order chi connectivity index (χ1) is 10.5. The first-order valence-electron chi connectivity index (χ1n) is 8.54. The molecule has 1 heterocycles. The smallest absolute Gasteiger partial charge is 0.191 e. The average Bonchev–Trinajstić information content (AvgIpc) is 2.83. The maximum Gasteiger partial charge on any atom is 0.191 e. The zero-order valence-electron chi connectivity index (χ0n) is 14.5. The highest BCUT2D eigenvalue weighted by Gasteiger charge is 2.37. The quantitative estimate of drug-likeness (QED) is 0.601. The molecule has 1 saturated carbocycles. The second-order valence-electron chi connectivity index (χ2n) is 6.95. The fourth-order valence-electron chi connectivity index (χ4n) is 3.33. The van der Waals surface area contributed by atoms with Gasteiger partial charge in [0.15, 0.2) is 5.96 Å². The number of rotatable bonds is 7. The molecular formula is C17H31N5. The SMILES string of the molecule is CCNC(=NCc1ccnn1C)NCC1(CC(C)C)CCC1. The molecule has 1 aromatic heterocycles. The van der Waals surface area contributed by atoms with Crippen LogP contribution in [0.2, 0.25) is 0 Å². The summed E-state index contributed by atoms with van der Waals surface area (Å²) in [5, 5.41) is 11.1. The standard InChI is InChI=1S/C17H31N5/c1-5-18-16(19-12-15-7-10-21-22(15)4)20-13-17(8-6-9-17)11-14(2)3/h7,10,14H,5-6,8-9,11-13H2,1-4H3,(H2,18,19,20). The first kappa shape index (κ1) is 16.8. The Morgan fingerprint density at radius 2 is 2.18 bits per heavy atom. The van der Waals surface area contributed by atoms with E-state index >= 15 is 0 Å². The molecule has 1 fully saturated rings. The molecular weight excluding hydrogens is 274 g/mol. The molecule has 0 radical (unpaired) electrons. The van der Waals surface area contributed by atoms with Gasteiger partial charge in [0, 0.05) is 26.3 Å². The molecule has 0 spiro atoms. The summed E-state index contributed by atoms with van der Waals surface area (Å²) < 4.78 is 1.87. The number of guanidine groups is 1. The van der Waals surface area contributed by atoms with Gasteiger partial charge < -0.3 is 10.6 Å². The summed E-state index contributed by atoms with van der Waals surface area (Å²) in [6.07, 6.45) is 7.19. The minimum atomic E-state index is 0.483. The number of aryl methyl sites for hydroxylation is 1. The largest absolute Gasteiger partial charge is 0.357 e. The Labute approximate surface area is 134 Å². The third kappa shape index (κ3) is 4.49. The van der Waals surface area contributed by atoms with Gasteiger partial charge in [-0.2, -0.15) is 5.10 Å². The third-order valence-electron chi connectivity index (χ3n) is 4.55. The summed E-state index contributed by atoms with van der Waals surface area (Å²) in [6, 6.07) is 2.01. The van der Waals surface area contributed by atoms with E-state index in [0.29, 0.717) is 12.0 Å². The van der Waals surface area contributed by atoms with Gasteiger partial charge in [-0.3, -0.25) is 4.68 Å². The van der Waals surface area contributed by atoms with E-state index in [9.17, 15) is 0 Å². The lowest BCUT2D eigenvalue weighted by Crippen LogP contribution is -2.47. The molecule has 5 heteroatoms. The Balaban J connectivity index is 1.92. The number of hydrogen-bond donors (Lipinski definition) is 2. The minimum absolute atomic E-state index is 0.483. The summed E-state index contributed by atoms with van der Waals surface area (Å²) in [5.41, 5.74) is 1.61. The van der Waals surface area contributed by atoms with Gasteiger partial charge in [0.25, 0.3) is 0 Å². The van der Waals surface area contributed by atoms with E-state index in [4.69, 9.17) is 4.99 Å². The summed E-state index contributed by atoms with van der Waals surface area (Å²) in [4.78, 5) is 4.69. The van der Waals surface area contributed by atoms with Crippen LogP contribution < -0.4 is 10.6 Å². The lowest BCUT2D eigenvalue weighted by molar-refractivity contribution is 0.104. The number of aromatic nitrogens is 2. The van der Waals surface area contributed by atoms with Gasteiger partial charge in [0.1, 0.15) is 0 Å². The van der Waals surface area contributed by atoms with Gasteiger partial charge in [-0.05, 0) is 43.6 Å². The topological polar surface area (TPSA) is 54.2 Å². The van der Waals surface area contributed by atoms with Crippen molar-refractivity contribution in [3.8, 4) is 0 Å². The van der Waals surface area contributed by atoms with Crippen LogP contribution in [0.25, 0.3) is 0 Å². The average molecular weight is 305 g/mol. The van der Waals surface area contributed by atoms with Crippen LogP contribution in [0.5, 0.6) is 0 Å². The molecule has 0 aliphatic heterocycles. The predicted molar refractivity (Wildman–Crippen MR) is 91.8 cm³/mol. The summed E-state index contributed by atoms with van der Waals surface area (Å²) in [7, 11) is 1.96. The van der Waals surface area contributed by atoms with E-state index in [1.54, 1.807) is 0 Å². The zero-order valence-corrected chi connectivity index (χ0v) is 14.5. The van der Waals surface area contributed by atoms with Gasteiger partial charge in [-0.15, -0.1) is 0 Å². The molecule has 1 aliphatic carbocycles. The van der Waals surface area contributed by atoms with Gasteiger partial charge in [-0.1, -0.05) is 20.3 Å². The zero-order chi connectivity index (χ0) is 16.0. The molecule has 1 aromatic rings. The lowest BCUT2D eigenvalue weighted by atomic mass is 9.64. The second-order valence-corrected chi connectivity index (χ2v) is 6.95. The van der Waals surface area contributed by atoms with Crippen molar-refractivity contribution in [3.63, 3.8) is 0 Å². The Morgan fingerprint density at radius 3 is 2.68 bits per heavy atom. The van der Waals surface area contributed by atoms with Crippen LogP contribution >= 0.6 is 0 Å². The maximum absolute atomic E-state index is 4.69. The van der Waals surface area contributed by atoms with E-state index in [1.807, 2.05) is 24.0 Å². The molecule has 0 unspecified atom stereocenters. The fraction of sp³-hybridized carbons (Fsp3) is 0.765. The Hall–Kier alpha value is -1.52. The summed E-state index contributed by atoms with van der Waals surface area (Å²) >= 11 is 0. The van der Waals surface area contributed by atoms with Gasteiger partial charge in [0.05, 0.1) is 12.2 Å². The van der Waals surface area contributed by atoms with Crippen LogP contribution in [0, 0.1) is 11.3 Å². The summed E-state index contributed by atoms with van der Waals surface area (Å²) in [6.45, 7) is 9.32. The van der Waals surface area contributed by atoms with E-state index in [1.165, 1.54) is 25.7 Å². The van der Waals surface area contributed by atoms with Crippen LogP contribution in [-0.4, -0.2) is 28.8 Å². The van der Waals surface area contributed by atoms with Gasteiger partial charge >= 0.3 is 0 Å². The van der Waals surface area contributed by atoms with E-state index in [0.717, 1.165) is 30.7 Å². The molecule has 5 nitrogen and oxygen atoms in total. The highest BCUT2D eigenvalue weighted by molar-refractivity contribution is 5.79. The monoisotopic (exact) mass is 305 g/mol. The number of aliphatic imine (C=N–C) groups is 1. The molecule has 0 saturated heterocycles. The van der Waals surface area contributed by atoms with Crippen molar-refractivity contribution >= 4 is 5.96 Å². The van der Waals surface area contributed by atoms with Crippen molar-refractivity contribution in [2.75, 3.05) is 13.1 Å². The van der Waals surface area contributed by atoms with Crippen molar-refractivity contribution in [1.82, 2.24) is 20.4 Å². The number of nitrogens with one attached hydrogen (secondary N) is 2. The van der Waals surface area contributed by atoms with Gasteiger partial charge in [0.2, 0.25) is 0 Å². The van der Waals surface area contributed by atoms with Crippen LogP contribution in [0.1, 0.15) is 52.1 Å². The molecule has 2 rings (SSSR count). The number of nitrogens with zero attached hydrogens (tertiary/aromatic N) is 3. The third-order valence-corrected chi connectivity index (χ3v) is 4.55. The second kappa shape index (κ2) is 7.65. The van der Waals surface area contributed by atoms with Crippen LogP contribution in [0.3, 0.4) is 0 Å². The normalized spacial score (nSPS) is 17.4. The Bertz CT molecular complexity index is 485. The van der Waals surface area contributed by atoms with Crippen LogP contribution in [0.4, 0.5) is 0 Å². The molecule has 0 amide bonds. The number of hydrogen-bond acceptors (Lipinski definition) is 2. The summed E-state index contributed by atoms with van der Waals surface area (Å²) in [5.74, 6) is 1.68. The van der Waals surface area contributed by atoms with Crippen molar-refractivity contribution in [2.45, 2.75) is 53.0 Å². The highest BCUT2D eigenvalue weighted by Crippen LogP contribution is 2.45. The molecule has 0 atom stereocenters. The highest BCUT2D eigenvalue weighted by atomic mass is 15.3. The predicted octanol–water partition coefficient (Wildman–Crippen LogP) is 2.69. The van der Waals surface area contributed by atoms with E-state index < -0.39 is 0 Å². The molecule has 22 heavy (non-hydrogen) atoms. The van der Waals surface area contributed by atoms with Crippen LogP contribution in [0.15, 0.2) is 17.3 Å². The molecule has 1 aliphatic rings. The molecule has 0 aromatic carbocycles.